The highest BCUT2D eigenvalue weighted by molar-refractivity contribution is 8.00. The first-order valence-corrected chi connectivity index (χ1v) is 14.2. The minimum Gasteiger partial charge on any atom is -0.445 e. The van der Waals surface area contributed by atoms with Gasteiger partial charge < -0.3 is 35.2 Å². The Balaban J connectivity index is 1.55. The number of thioether (sulfide) groups is 1. The Hall–Kier alpha value is -2.79. The zero-order valence-corrected chi connectivity index (χ0v) is 24.1. The maximum Gasteiger partial charge on any atom is 0.314 e. The van der Waals surface area contributed by atoms with Gasteiger partial charge in [0, 0.05) is 17.1 Å². The van der Waals surface area contributed by atoms with Crippen LogP contribution in [0.2, 0.25) is 0 Å². The van der Waals surface area contributed by atoms with Gasteiger partial charge in [0.2, 0.25) is 11.8 Å². The number of esters is 1. The number of thiazole rings is 1. The summed E-state index contributed by atoms with van der Waals surface area (Å²) < 4.78 is 22.0. The number of nitrogens with one attached hydrogen (secondary N) is 1. The number of hydrogen-bond donors (Lipinski definition) is 3. The Labute approximate surface area is 238 Å². The van der Waals surface area contributed by atoms with Crippen LogP contribution in [-0.2, 0) is 33.3 Å². The number of nitrogen functional groups attached to an aromatic ring is 1. The number of ether oxygens (including phenoxy) is 4. The Morgan fingerprint density at radius 1 is 1.38 bits per heavy atom. The highest BCUT2D eigenvalue weighted by Crippen LogP contribution is 2.46. The number of carbonyl (C=O) groups excluding carboxylic acids is 3. The average Bonchev–Trinajstić information content (AvgIpc) is 3.32. The monoisotopic (exact) mass is 599 g/mol. The van der Waals surface area contributed by atoms with E-state index in [-0.39, 0.29) is 39.7 Å². The molecule has 3 aliphatic rings. The normalized spacial score (nSPS) is 25.5. The minimum atomic E-state index is -0.939. The van der Waals surface area contributed by atoms with Crippen LogP contribution in [0.3, 0.4) is 0 Å². The Morgan fingerprint density at radius 2 is 2.13 bits per heavy atom. The summed E-state index contributed by atoms with van der Waals surface area (Å²) in [4.78, 5) is 43.9. The third-order valence-corrected chi connectivity index (χ3v) is 8.52. The van der Waals surface area contributed by atoms with Crippen LogP contribution in [0.15, 0.2) is 21.8 Å². The zero-order chi connectivity index (χ0) is 28.5. The largest absolute Gasteiger partial charge is 0.445 e. The van der Waals surface area contributed by atoms with Crippen LogP contribution < -0.4 is 11.1 Å². The highest BCUT2D eigenvalue weighted by atomic mass is 32.2. The Bertz CT molecular complexity index is 1220. The van der Waals surface area contributed by atoms with Gasteiger partial charge in [-0.3, -0.25) is 19.3 Å². The molecule has 39 heavy (non-hydrogen) atoms. The van der Waals surface area contributed by atoms with Crippen LogP contribution in [0.1, 0.15) is 39.8 Å². The molecule has 4 heterocycles. The molecule has 0 aliphatic carbocycles. The van der Waals surface area contributed by atoms with E-state index in [1.807, 2.05) is 6.92 Å². The van der Waals surface area contributed by atoms with Crippen molar-refractivity contribution >= 4 is 69.0 Å². The molecule has 0 radical (unpaired) electrons. The first-order valence-electron chi connectivity index (χ1n) is 11.9. The maximum absolute atomic E-state index is 13.4. The molecule has 1 aromatic heterocycles. The number of fused-ring (bicyclic) bond motifs is 1. The van der Waals surface area contributed by atoms with E-state index >= 15 is 0 Å². The van der Waals surface area contributed by atoms with Gasteiger partial charge in [0.15, 0.2) is 10.8 Å². The molecule has 3 aliphatic heterocycles. The van der Waals surface area contributed by atoms with Crippen LogP contribution in [-0.4, -0.2) is 86.6 Å². The van der Waals surface area contributed by atoms with Gasteiger partial charge in [-0.15, -0.1) is 23.1 Å². The first kappa shape index (κ1) is 29.2. The third-order valence-electron chi connectivity index (χ3n) is 6.11. The fraction of sp³-hybridized carbons (Fsp3) is 0.565. The number of oxime groups is 1. The number of hydrogen-bond acceptors (Lipinski definition) is 14. The standard InChI is InChI=1S/C23H29N5O8S3/c1-10-13(12-5-6-33-8-34-12)16(20(37)35-9-36-21(31)23(2,3)4)28-18(30)15(19(28)39-10)26-17(29)14(27-32)11-7-38-22(24)25-11/h7,10,12,15,19,32H,5-6,8-9H2,1-4H3,(H2,24,25)(H,26,29)/b27-14-/t10?,12?,15?,19-/m1/s1. The lowest BCUT2D eigenvalue weighted by molar-refractivity contribution is -0.160. The number of anilines is 1. The van der Waals surface area contributed by atoms with Gasteiger partial charge in [-0.2, -0.15) is 0 Å². The molecule has 1 aromatic rings. The zero-order valence-electron chi connectivity index (χ0n) is 21.7. The molecule has 2 amide bonds. The predicted octanol–water partition coefficient (Wildman–Crippen LogP) is 1.60. The Kier molecular flexibility index (Phi) is 8.80. The molecule has 2 fully saturated rings. The van der Waals surface area contributed by atoms with Crippen molar-refractivity contribution in [1.29, 1.82) is 0 Å². The van der Waals surface area contributed by atoms with E-state index in [9.17, 15) is 19.6 Å². The van der Waals surface area contributed by atoms with E-state index in [0.717, 1.165) is 16.9 Å². The molecule has 0 aromatic carbocycles. The van der Waals surface area contributed by atoms with Crippen LogP contribution in [0.5, 0.6) is 0 Å². The number of carbonyl (C=O) groups is 3. The van der Waals surface area contributed by atoms with Gasteiger partial charge >= 0.3 is 5.97 Å². The molecule has 3 unspecified atom stereocenters. The summed E-state index contributed by atoms with van der Waals surface area (Å²) in [6.45, 7) is 7.22. The molecule has 4 atom stereocenters. The van der Waals surface area contributed by atoms with Crippen LogP contribution in [0.4, 0.5) is 5.13 Å². The van der Waals surface area contributed by atoms with Gasteiger partial charge in [0.1, 0.15) is 29.6 Å². The second-order valence-electron chi connectivity index (χ2n) is 9.85. The molecule has 4 N–H and O–H groups in total. The van der Waals surface area contributed by atoms with E-state index in [2.05, 4.69) is 15.5 Å². The van der Waals surface area contributed by atoms with E-state index in [1.165, 1.54) is 22.0 Å². The van der Waals surface area contributed by atoms with Gasteiger partial charge in [0.25, 0.3) is 11.8 Å². The first-order chi connectivity index (χ1) is 18.4. The van der Waals surface area contributed by atoms with E-state index in [0.29, 0.717) is 18.7 Å². The van der Waals surface area contributed by atoms with Gasteiger partial charge in [-0.1, -0.05) is 5.16 Å². The van der Waals surface area contributed by atoms with Crippen molar-refractivity contribution in [3.05, 3.63) is 22.3 Å². The van der Waals surface area contributed by atoms with Gasteiger partial charge in [0.05, 0.1) is 18.1 Å². The van der Waals surface area contributed by atoms with E-state index in [4.69, 9.17) is 36.9 Å². The third kappa shape index (κ3) is 6.04. The molecular weight excluding hydrogens is 570 g/mol. The molecule has 212 valence electrons. The Morgan fingerprint density at radius 3 is 2.72 bits per heavy atom. The molecule has 16 heteroatoms. The number of nitrogens with zero attached hydrogens (tertiary/aromatic N) is 3. The predicted molar refractivity (Wildman–Crippen MR) is 146 cm³/mol. The van der Waals surface area contributed by atoms with Gasteiger partial charge in [-0.05, 0) is 45.5 Å². The number of nitrogens with two attached hydrogens (primary N) is 1. The topological polar surface area (TPSA) is 175 Å². The summed E-state index contributed by atoms with van der Waals surface area (Å²) in [5, 5.41) is 16.0. The van der Waals surface area contributed by atoms with Gasteiger partial charge in [-0.25, -0.2) is 4.98 Å². The van der Waals surface area contributed by atoms with Crippen molar-refractivity contribution in [3.63, 3.8) is 0 Å². The number of amides is 2. The van der Waals surface area contributed by atoms with Crippen molar-refractivity contribution in [2.75, 3.05) is 25.9 Å². The fourth-order valence-corrected chi connectivity index (χ4v) is 6.48. The second-order valence-corrected chi connectivity index (χ2v) is 12.6. The second kappa shape index (κ2) is 11.8. The van der Waals surface area contributed by atoms with Crippen LogP contribution in [0, 0.1) is 5.41 Å². The number of β-lactam (4-membered cyclic amide) rings is 1. The van der Waals surface area contributed by atoms with E-state index < -0.39 is 41.4 Å². The SMILES string of the molecule is CC1S[C@@H]2C(NC(=O)/C(=N\O)c3csc(N)n3)C(=O)N2C(C(=S)OCOC(=O)C(C)(C)C)=C1C1CCOCO1. The molecule has 0 bridgehead atoms. The molecule has 0 saturated carbocycles. The van der Waals surface area contributed by atoms with Crippen molar-refractivity contribution in [2.24, 2.45) is 10.6 Å². The lowest BCUT2D eigenvalue weighted by Crippen LogP contribution is -2.71. The smallest absolute Gasteiger partial charge is 0.314 e. The number of rotatable bonds is 7. The van der Waals surface area contributed by atoms with Crippen molar-refractivity contribution < 1.29 is 38.5 Å². The van der Waals surface area contributed by atoms with Crippen molar-refractivity contribution in [1.82, 2.24) is 15.2 Å². The number of thiocarbonyl (C=S) groups is 1. The van der Waals surface area contributed by atoms with E-state index in [1.54, 1.807) is 20.8 Å². The molecule has 4 rings (SSSR count). The summed E-state index contributed by atoms with van der Waals surface area (Å²) >= 11 is 8.09. The lowest BCUT2D eigenvalue weighted by Gasteiger charge is -2.52. The van der Waals surface area contributed by atoms with Crippen molar-refractivity contribution in [3.8, 4) is 0 Å². The molecular formula is C23H29N5O8S3. The molecule has 0 spiro atoms. The summed E-state index contributed by atoms with van der Waals surface area (Å²) in [6, 6.07) is -0.939. The minimum absolute atomic E-state index is 0.0346. The summed E-state index contributed by atoms with van der Waals surface area (Å²) in [6.07, 6.45) is 0.172. The highest BCUT2D eigenvalue weighted by Gasteiger charge is 2.56. The summed E-state index contributed by atoms with van der Waals surface area (Å²) in [7, 11) is 0. The van der Waals surface area contributed by atoms with Crippen LogP contribution >= 0.6 is 35.3 Å². The quantitative estimate of drug-likeness (QED) is 0.0786. The average molecular weight is 600 g/mol. The number of aromatic nitrogens is 1. The molecule has 13 nitrogen and oxygen atoms in total. The van der Waals surface area contributed by atoms with Crippen molar-refractivity contribution in [2.45, 2.75) is 56.9 Å². The molecule has 2 saturated heterocycles. The maximum atomic E-state index is 13.4. The lowest BCUT2D eigenvalue weighted by atomic mass is 9.96. The summed E-state index contributed by atoms with van der Waals surface area (Å²) in [5.41, 5.74) is 5.71. The fourth-order valence-electron chi connectivity index (χ4n) is 4.17. The summed E-state index contributed by atoms with van der Waals surface area (Å²) in [5.74, 6) is -1.70. The van der Waals surface area contributed by atoms with Crippen LogP contribution in [0.25, 0.3) is 0 Å².